The Morgan fingerprint density at radius 1 is 1.27 bits per heavy atom. The number of nitrogens with zero attached hydrogens (tertiary/aromatic N) is 2. The first-order chi connectivity index (χ1) is 10.6. The Hall–Kier alpha value is -1.85. The molecule has 3 rings (SSSR count). The molecule has 1 aliphatic rings. The van der Waals surface area contributed by atoms with Gasteiger partial charge in [0, 0.05) is 19.6 Å². The fourth-order valence-corrected chi connectivity index (χ4v) is 3.54. The molecule has 0 aliphatic carbocycles. The van der Waals surface area contributed by atoms with Crippen LogP contribution < -0.4 is 5.32 Å². The maximum Gasteiger partial charge on any atom is 0.318 e. The highest BCUT2D eigenvalue weighted by Crippen LogP contribution is 2.23. The van der Waals surface area contributed by atoms with Gasteiger partial charge in [-0.3, -0.25) is 0 Å². The molecular weight excluding hydrogens is 294 g/mol. The fraction of sp³-hybridized carbons (Fsp3) is 0.353. The van der Waals surface area contributed by atoms with E-state index in [-0.39, 0.29) is 12.1 Å². The van der Waals surface area contributed by atoms with Crippen LogP contribution in [0, 0.1) is 0 Å². The third-order valence-corrected chi connectivity index (χ3v) is 4.83. The average Bonchev–Trinajstić information content (AvgIpc) is 3.16. The maximum atomic E-state index is 12.4. The molecule has 116 valence electrons. The number of amides is 2. The predicted molar refractivity (Wildman–Crippen MR) is 89.8 cm³/mol. The van der Waals surface area contributed by atoms with Crippen LogP contribution in [0.1, 0.15) is 22.7 Å². The molecule has 0 radical (unpaired) electrons. The molecule has 0 bridgehead atoms. The lowest BCUT2D eigenvalue weighted by Crippen LogP contribution is -2.40. The third-order valence-electron chi connectivity index (χ3n) is 4.13. The number of hydrogen-bond donors (Lipinski definition) is 1. The minimum Gasteiger partial charge on any atom is -0.336 e. The summed E-state index contributed by atoms with van der Waals surface area (Å²) in [6, 6.07) is 10.6. The Kier molecular flexibility index (Phi) is 4.45. The van der Waals surface area contributed by atoms with Crippen molar-refractivity contribution in [3.8, 4) is 0 Å². The van der Waals surface area contributed by atoms with Crippen LogP contribution in [0.15, 0.2) is 41.1 Å². The maximum absolute atomic E-state index is 12.4. The highest BCUT2D eigenvalue weighted by Gasteiger charge is 2.24. The highest BCUT2D eigenvalue weighted by atomic mass is 32.1. The first kappa shape index (κ1) is 15.1. The summed E-state index contributed by atoms with van der Waals surface area (Å²) in [5.41, 5.74) is 3.75. The van der Waals surface area contributed by atoms with E-state index >= 15 is 0 Å². The van der Waals surface area contributed by atoms with Crippen LogP contribution in [0.2, 0.25) is 0 Å². The van der Waals surface area contributed by atoms with Crippen molar-refractivity contribution in [2.45, 2.75) is 19.1 Å². The molecule has 1 atom stereocenters. The molecule has 4 nitrogen and oxygen atoms in total. The average molecular weight is 315 g/mol. The van der Waals surface area contributed by atoms with E-state index in [4.69, 9.17) is 0 Å². The summed E-state index contributed by atoms with van der Waals surface area (Å²) in [7, 11) is 4.08. The van der Waals surface area contributed by atoms with E-state index in [1.165, 1.54) is 16.7 Å². The zero-order chi connectivity index (χ0) is 15.5. The second kappa shape index (κ2) is 6.50. The fourth-order valence-electron chi connectivity index (χ4n) is 2.84. The molecule has 0 fully saturated rings. The number of urea groups is 1. The van der Waals surface area contributed by atoms with Gasteiger partial charge in [0.25, 0.3) is 0 Å². The lowest BCUT2D eigenvalue weighted by molar-refractivity contribution is 0.193. The van der Waals surface area contributed by atoms with Gasteiger partial charge in [0.05, 0.1) is 6.04 Å². The minimum absolute atomic E-state index is 0.0123. The van der Waals surface area contributed by atoms with Crippen LogP contribution in [0.25, 0.3) is 0 Å². The number of nitrogens with one attached hydrogen (secondary N) is 1. The SMILES string of the molecule is CN(C)C(CNC(=O)N1Cc2ccccc2C1)c1ccsc1. The summed E-state index contributed by atoms with van der Waals surface area (Å²) in [4.78, 5) is 16.4. The zero-order valence-corrected chi connectivity index (χ0v) is 13.8. The Balaban J connectivity index is 1.59. The largest absolute Gasteiger partial charge is 0.336 e. The number of likely N-dealkylation sites (N-methyl/N-ethyl adjacent to an activating group) is 1. The standard InChI is InChI=1S/C17H21N3OS/c1-19(2)16(15-7-8-22-12-15)9-18-17(21)20-10-13-5-3-4-6-14(13)11-20/h3-8,12,16H,9-11H2,1-2H3,(H,18,21). The quantitative estimate of drug-likeness (QED) is 0.941. The van der Waals surface area contributed by atoms with E-state index in [0.717, 1.165) is 0 Å². The van der Waals surface area contributed by atoms with Crippen molar-refractivity contribution in [2.24, 2.45) is 0 Å². The van der Waals surface area contributed by atoms with Crippen LogP contribution in [0.4, 0.5) is 4.79 Å². The summed E-state index contributed by atoms with van der Waals surface area (Å²) in [5.74, 6) is 0. The van der Waals surface area contributed by atoms with E-state index in [2.05, 4.69) is 39.2 Å². The molecule has 0 saturated carbocycles. The predicted octanol–water partition coefficient (Wildman–Crippen LogP) is 3.08. The van der Waals surface area contributed by atoms with Crippen molar-refractivity contribution in [1.29, 1.82) is 0 Å². The van der Waals surface area contributed by atoms with Crippen molar-refractivity contribution in [3.05, 3.63) is 57.8 Å². The Labute approximate surface area is 135 Å². The number of carbonyl (C=O) groups is 1. The first-order valence-electron chi connectivity index (χ1n) is 7.43. The van der Waals surface area contributed by atoms with Crippen molar-refractivity contribution in [2.75, 3.05) is 20.6 Å². The smallest absolute Gasteiger partial charge is 0.318 e. The van der Waals surface area contributed by atoms with Crippen LogP contribution >= 0.6 is 11.3 Å². The van der Waals surface area contributed by atoms with E-state index in [0.29, 0.717) is 19.6 Å². The first-order valence-corrected chi connectivity index (χ1v) is 8.37. The van der Waals surface area contributed by atoms with E-state index < -0.39 is 0 Å². The van der Waals surface area contributed by atoms with Gasteiger partial charge in [0.1, 0.15) is 0 Å². The van der Waals surface area contributed by atoms with Crippen molar-refractivity contribution >= 4 is 17.4 Å². The molecule has 1 aliphatic heterocycles. The molecule has 22 heavy (non-hydrogen) atoms. The highest BCUT2D eigenvalue weighted by molar-refractivity contribution is 7.07. The minimum atomic E-state index is 0.0123. The summed E-state index contributed by atoms with van der Waals surface area (Å²) < 4.78 is 0. The second-order valence-electron chi connectivity index (χ2n) is 5.85. The van der Waals surface area contributed by atoms with Gasteiger partial charge in [-0.2, -0.15) is 11.3 Å². The molecule has 0 saturated heterocycles. The van der Waals surface area contributed by atoms with E-state index in [1.807, 2.05) is 31.1 Å². The molecule has 0 spiro atoms. The molecule has 5 heteroatoms. The number of fused-ring (bicyclic) bond motifs is 1. The number of carbonyl (C=O) groups excluding carboxylic acids is 1. The summed E-state index contributed by atoms with van der Waals surface area (Å²) in [5, 5.41) is 7.29. The lowest BCUT2D eigenvalue weighted by Gasteiger charge is -2.25. The molecule has 1 unspecified atom stereocenters. The topological polar surface area (TPSA) is 35.6 Å². The molecule has 1 N–H and O–H groups in total. The van der Waals surface area contributed by atoms with Gasteiger partial charge in [-0.1, -0.05) is 24.3 Å². The van der Waals surface area contributed by atoms with Crippen LogP contribution in [0.5, 0.6) is 0 Å². The van der Waals surface area contributed by atoms with E-state index in [9.17, 15) is 4.79 Å². The van der Waals surface area contributed by atoms with Crippen LogP contribution in [-0.4, -0.2) is 36.5 Å². The molecule has 2 aromatic rings. The van der Waals surface area contributed by atoms with Gasteiger partial charge >= 0.3 is 6.03 Å². The van der Waals surface area contributed by atoms with Gasteiger partial charge in [-0.05, 0) is 47.6 Å². The molecule has 2 amide bonds. The van der Waals surface area contributed by atoms with Gasteiger partial charge in [-0.15, -0.1) is 0 Å². The van der Waals surface area contributed by atoms with Crippen molar-refractivity contribution < 1.29 is 4.79 Å². The number of hydrogen-bond acceptors (Lipinski definition) is 3. The van der Waals surface area contributed by atoms with E-state index in [1.54, 1.807) is 11.3 Å². The van der Waals surface area contributed by atoms with Crippen LogP contribution in [-0.2, 0) is 13.1 Å². The van der Waals surface area contributed by atoms with Gasteiger partial charge < -0.3 is 15.1 Å². The molecule has 1 aromatic heterocycles. The molecular formula is C17H21N3OS. The van der Waals surface area contributed by atoms with Gasteiger partial charge in [0.15, 0.2) is 0 Å². The summed E-state index contributed by atoms with van der Waals surface area (Å²) >= 11 is 1.69. The monoisotopic (exact) mass is 315 g/mol. The summed E-state index contributed by atoms with van der Waals surface area (Å²) in [6.45, 7) is 2.02. The van der Waals surface area contributed by atoms with Gasteiger partial charge in [-0.25, -0.2) is 4.79 Å². The third kappa shape index (κ3) is 3.15. The zero-order valence-electron chi connectivity index (χ0n) is 13.0. The Morgan fingerprint density at radius 2 is 1.95 bits per heavy atom. The number of thiophene rings is 1. The number of rotatable bonds is 4. The normalized spacial score (nSPS) is 15.0. The van der Waals surface area contributed by atoms with Gasteiger partial charge in [0.2, 0.25) is 0 Å². The molecule has 2 heterocycles. The van der Waals surface area contributed by atoms with Crippen molar-refractivity contribution in [3.63, 3.8) is 0 Å². The number of benzene rings is 1. The second-order valence-corrected chi connectivity index (χ2v) is 6.63. The Bertz CT molecular complexity index is 614. The van der Waals surface area contributed by atoms with Crippen molar-refractivity contribution in [1.82, 2.24) is 15.1 Å². The summed E-state index contributed by atoms with van der Waals surface area (Å²) in [6.07, 6.45) is 0. The Morgan fingerprint density at radius 3 is 2.50 bits per heavy atom. The molecule has 1 aromatic carbocycles. The van der Waals surface area contributed by atoms with Crippen LogP contribution in [0.3, 0.4) is 0 Å². The lowest BCUT2D eigenvalue weighted by atomic mass is 10.1.